The third kappa shape index (κ3) is 12.3. The van der Waals surface area contributed by atoms with Crippen molar-refractivity contribution < 1.29 is 38.2 Å². The molecule has 2 rings (SSSR count). The number of anilines is 2. The highest BCUT2D eigenvalue weighted by molar-refractivity contribution is 5.96. The molecule has 0 aliphatic carbocycles. The Labute approximate surface area is 251 Å². The van der Waals surface area contributed by atoms with Crippen molar-refractivity contribution in [1.82, 2.24) is 10.6 Å². The second-order valence-corrected chi connectivity index (χ2v) is 10.3. The lowest BCUT2D eigenvalue weighted by molar-refractivity contribution is -0.143. The van der Waals surface area contributed by atoms with E-state index in [4.69, 9.17) is 9.47 Å². The van der Waals surface area contributed by atoms with E-state index in [1.807, 2.05) is 52.0 Å². The Morgan fingerprint density at radius 1 is 0.558 bits per heavy atom. The SMILES string of the molecule is CC(=O)OCc1cc(C)c(NC(=O)CNC(=O)CCCC(=O)NCC(=O)Nc2c(C)cc(COC(C)=O)cc2C)c(C)c1. The molecule has 0 fully saturated rings. The summed E-state index contributed by atoms with van der Waals surface area (Å²) in [5.74, 6) is -2.32. The number of amides is 4. The van der Waals surface area contributed by atoms with E-state index in [1.54, 1.807) is 0 Å². The average Bonchev–Trinajstić information content (AvgIpc) is 2.92. The average molecular weight is 597 g/mol. The van der Waals surface area contributed by atoms with E-state index in [0.29, 0.717) is 11.4 Å². The van der Waals surface area contributed by atoms with Crippen LogP contribution in [0.1, 0.15) is 66.5 Å². The van der Waals surface area contributed by atoms with Gasteiger partial charge in [0, 0.05) is 38.1 Å². The van der Waals surface area contributed by atoms with Crippen LogP contribution >= 0.6 is 0 Å². The summed E-state index contributed by atoms with van der Waals surface area (Å²) >= 11 is 0. The minimum atomic E-state index is -0.402. The van der Waals surface area contributed by atoms with Crippen LogP contribution in [-0.4, -0.2) is 48.7 Å². The highest BCUT2D eigenvalue weighted by Gasteiger charge is 2.14. The smallest absolute Gasteiger partial charge is 0.302 e. The van der Waals surface area contributed by atoms with Crippen LogP contribution in [0.25, 0.3) is 0 Å². The number of carbonyl (C=O) groups excluding carboxylic acids is 6. The van der Waals surface area contributed by atoms with E-state index in [1.165, 1.54) is 13.8 Å². The molecule has 12 nitrogen and oxygen atoms in total. The van der Waals surface area contributed by atoms with Gasteiger partial charge in [0.25, 0.3) is 0 Å². The number of nitrogens with one attached hydrogen (secondary N) is 4. The Morgan fingerprint density at radius 3 is 1.19 bits per heavy atom. The Bertz CT molecular complexity index is 1240. The van der Waals surface area contributed by atoms with Crippen LogP contribution in [0.5, 0.6) is 0 Å². The van der Waals surface area contributed by atoms with Gasteiger partial charge in [-0.15, -0.1) is 0 Å². The molecule has 232 valence electrons. The van der Waals surface area contributed by atoms with Gasteiger partial charge in [0.05, 0.1) is 13.1 Å². The number of aryl methyl sites for hydroxylation is 4. The summed E-state index contributed by atoms with van der Waals surface area (Å²) in [6.07, 6.45) is 0.312. The van der Waals surface area contributed by atoms with Crippen molar-refractivity contribution in [3.63, 3.8) is 0 Å². The van der Waals surface area contributed by atoms with Crippen LogP contribution in [0.4, 0.5) is 11.4 Å². The van der Waals surface area contributed by atoms with E-state index in [9.17, 15) is 28.8 Å². The quantitative estimate of drug-likeness (QED) is 0.241. The number of rotatable bonds is 14. The molecule has 2 aromatic carbocycles. The largest absolute Gasteiger partial charge is 0.461 e. The summed E-state index contributed by atoms with van der Waals surface area (Å²) in [5.41, 5.74) is 6.01. The summed E-state index contributed by atoms with van der Waals surface area (Å²) in [7, 11) is 0. The minimum Gasteiger partial charge on any atom is -0.461 e. The fourth-order valence-corrected chi connectivity index (χ4v) is 4.35. The first kappa shape index (κ1) is 34.5. The van der Waals surface area contributed by atoms with Crippen molar-refractivity contribution in [2.75, 3.05) is 23.7 Å². The van der Waals surface area contributed by atoms with Crippen molar-refractivity contribution in [3.05, 3.63) is 57.6 Å². The maximum absolute atomic E-state index is 12.4. The minimum absolute atomic E-state index is 0.0356. The lowest BCUT2D eigenvalue weighted by Gasteiger charge is -2.14. The van der Waals surface area contributed by atoms with Gasteiger partial charge in [-0.1, -0.05) is 24.3 Å². The molecule has 0 aliphatic heterocycles. The molecule has 0 spiro atoms. The van der Waals surface area contributed by atoms with Crippen molar-refractivity contribution in [2.24, 2.45) is 0 Å². The Kier molecular flexibility index (Phi) is 13.3. The van der Waals surface area contributed by atoms with Crippen LogP contribution in [-0.2, 0) is 51.5 Å². The predicted molar refractivity (Wildman–Crippen MR) is 160 cm³/mol. The third-order valence-electron chi connectivity index (χ3n) is 6.30. The monoisotopic (exact) mass is 596 g/mol. The molecule has 0 saturated carbocycles. The number of ether oxygens (including phenoxy) is 2. The van der Waals surface area contributed by atoms with E-state index >= 15 is 0 Å². The first-order chi connectivity index (χ1) is 20.2. The van der Waals surface area contributed by atoms with Crippen LogP contribution < -0.4 is 21.3 Å². The molecule has 43 heavy (non-hydrogen) atoms. The van der Waals surface area contributed by atoms with Gasteiger partial charge in [0.1, 0.15) is 13.2 Å². The summed E-state index contributed by atoms with van der Waals surface area (Å²) in [5, 5.41) is 10.6. The molecule has 0 bridgehead atoms. The molecule has 2 aromatic rings. The van der Waals surface area contributed by atoms with Gasteiger partial charge < -0.3 is 30.7 Å². The standard InChI is InChI=1S/C31H40N4O8/c1-18-10-24(16-42-22(5)36)11-19(2)30(18)34-28(40)14-32-26(38)8-7-9-27(39)33-15-29(41)35-31-20(3)12-25(13-21(31)4)17-43-23(6)37/h10-13H,7-9,14-17H2,1-6H3,(H,32,38)(H,33,39)(H,34,40)(H,35,41). The molecule has 4 amide bonds. The van der Waals surface area contributed by atoms with Gasteiger partial charge in [0.15, 0.2) is 0 Å². The first-order valence-electron chi connectivity index (χ1n) is 13.8. The van der Waals surface area contributed by atoms with Gasteiger partial charge in [-0.25, -0.2) is 0 Å². The molecule has 4 N–H and O–H groups in total. The second-order valence-electron chi connectivity index (χ2n) is 10.3. The van der Waals surface area contributed by atoms with Crippen molar-refractivity contribution >= 4 is 46.9 Å². The Balaban J connectivity index is 1.70. The normalized spacial score (nSPS) is 10.4. The fraction of sp³-hybridized carbons (Fsp3) is 0.419. The summed E-state index contributed by atoms with van der Waals surface area (Å²) in [4.78, 5) is 71.2. The zero-order valence-electron chi connectivity index (χ0n) is 25.5. The van der Waals surface area contributed by atoms with Gasteiger partial charge in [-0.3, -0.25) is 28.8 Å². The number of benzene rings is 2. The molecule has 12 heteroatoms. The molecule has 0 aliphatic rings. The molecule has 0 saturated heterocycles. The van der Waals surface area contributed by atoms with Crippen LogP contribution in [0.2, 0.25) is 0 Å². The van der Waals surface area contributed by atoms with E-state index in [2.05, 4.69) is 21.3 Å². The first-order valence-corrected chi connectivity index (χ1v) is 13.8. The maximum atomic E-state index is 12.4. The third-order valence-corrected chi connectivity index (χ3v) is 6.30. The highest BCUT2D eigenvalue weighted by Crippen LogP contribution is 2.24. The molecule has 0 radical (unpaired) electrons. The number of hydrogen-bond acceptors (Lipinski definition) is 8. The van der Waals surface area contributed by atoms with Crippen LogP contribution in [0.15, 0.2) is 24.3 Å². The lowest BCUT2D eigenvalue weighted by atomic mass is 10.0. The van der Waals surface area contributed by atoms with E-state index < -0.39 is 11.8 Å². The molecule has 0 unspecified atom stereocenters. The maximum Gasteiger partial charge on any atom is 0.302 e. The van der Waals surface area contributed by atoms with Crippen molar-refractivity contribution in [3.8, 4) is 0 Å². The van der Waals surface area contributed by atoms with Crippen molar-refractivity contribution in [1.29, 1.82) is 0 Å². The van der Waals surface area contributed by atoms with Crippen LogP contribution in [0.3, 0.4) is 0 Å². The van der Waals surface area contributed by atoms with Crippen molar-refractivity contribution in [2.45, 2.75) is 74.0 Å². The second kappa shape index (κ2) is 16.6. The number of esters is 2. The fourth-order valence-electron chi connectivity index (χ4n) is 4.35. The van der Waals surface area contributed by atoms with Gasteiger partial charge >= 0.3 is 11.9 Å². The Hall–Kier alpha value is -4.74. The van der Waals surface area contributed by atoms with E-state index in [-0.39, 0.29) is 69.3 Å². The van der Waals surface area contributed by atoms with Crippen LogP contribution in [0, 0.1) is 27.7 Å². The summed E-state index contributed by atoms with van der Waals surface area (Å²) in [6, 6.07) is 7.25. The van der Waals surface area contributed by atoms with Gasteiger partial charge in [-0.2, -0.15) is 0 Å². The number of carbonyl (C=O) groups is 6. The molecule has 0 aromatic heterocycles. The zero-order chi connectivity index (χ0) is 32.1. The van der Waals surface area contributed by atoms with Gasteiger partial charge in [-0.05, 0) is 67.5 Å². The Morgan fingerprint density at radius 2 is 0.884 bits per heavy atom. The molecular weight excluding hydrogens is 556 g/mol. The molecule has 0 atom stereocenters. The number of hydrogen-bond donors (Lipinski definition) is 4. The lowest BCUT2D eigenvalue weighted by Crippen LogP contribution is -2.34. The molecular formula is C31H40N4O8. The van der Waals surface area contributed by atoms with E-state index in [0.717, 1.165) is 33.4 Å². The summed E-state index contributed by atoms with van der Waals surface area (Å²) < 4.78 is 10.0. The highest BCUT2D eigenvalue weighted by atomic mass is 16.5. The topological polar surface area (TPSA) is 169 Å². The molecule has 0 heterocycles. The summed E-state index contributed by atoms with van der Waals surface area (Å²) in [6.45, 7) is 9.77. The predicted octanol–water partition coefficient (Wildman–Crippen LogP) is 3.03. The zero-order valence-corrected chi connectivity index (χ0v) is 25.5. The van der Waals surface area contributed by atoms with Gasteiger partial charge in [0.2, 0.25) is 23.6 Å².